The highest BCUT2D eigenvalue weighted by molar-refractivity contribution is 14.0. The predicted molar refractivity (Wildman–Crippen MR) is 93.0 cm³/mol. The van der Waals surface area contributed by atoms with Crippen molar-refractivity contribution in [2.45, 2.75) is 26.8 Å². The number of nitrogens with zero attached hydrogens (tertiary/aromatic N) is 1. The fourth-order valence-electron chi connectivity index (χ4n) is 2.69. The fraction of sp³-hybridized carbons (Fsp3) is 0.312. The standard InChI is InChI=1S/C16H18N2O.HI/c1-4-8-18-9-7-14-13-6-5-12(19-3)10-15(13)17-16(14)11(18)2;/h5-7,9-10H,4,8H2,1-3H3;1H/p+1. The van der Waals surface area contributed by atoms with Gasteiger partial charge in [-0.25, -0.2) is 4.57 Å². The summed E-state index contributed by atoms with van der Waals surface area (Å²) in [5.41, 5.74) is 3.64. The molecule has 0 atom stereocenters. The predicted octanol–water partition coefficient (Wildman–Crippen LogP) is 3.95. The highest BCUT2D eigenvalue weighted by atomic mass is 127. The van der Waals surface area contributed by atoms with Crippen molar-refractivity contribution in [3.05, 3.63) is 36.2 Å². The summed E-state index contributed by atoms with van der Waals surface area (Å²) in [6.07, 6.45) is 3.32. The monoisotopic (exact) mass is 383 g/mol. The van der Waals surface area contributed by atoms with Gasteiger partial charge in [0.2, 0.25) is 5.69 Å². The first-order chi connectivity index (χ1) is 9.24. The van der Waals surface area contributed by atoms with Crippen molar-refractivity contribution in [1.82, 2.24) is 4.98 Å². The van der Waals surface area contributed by atoms with Crippen LogP contribution >= 0.6 is 24.0 Å². The third-order valence-electron chi connectivity index (χ3n) is 3.72. The molecule has 1 aromatic carbocycles. The zero-order chi connectivity index (χ0) is 13.4. The molecule has 0 aliphatic rings. The Morgan fingerprint density at radius 3 is 2.70 bits per heavy atom. The minimum Gasteiger partial charge on any atom is -0.497 e. The maximum absolute atomic E-state index is 5.29. The van der Waals surface area contributed by atoms with E-state index in [-0.39, 0.29) is 24.0 Å². The van der Waals surface area contributed by atoms with Gasteiger partial charge in [0, 0.05) is 36.2 Å². The normalized spacial score (nSPS) is 10.8. The first-order valence-corrected chi connectivity index (χ1v) is 6.73. The number of ether oxygens (including phenoxy) is 1. The van der Waals surface area contributed by atoms with Crippen molar-refractivity contribution in [2.24, 2.45) is 0 Å². The van der Waals surface area contributed by atoms with E-state index >= 15 is 0 Å². The molecule has 3 nitrogen and oxygen atoms in total. The minimum absolute atomic E-state index is 0. The van der Waals surface area contributed by atoms with Gasteiger partial charge in [-0.2, -0.15) is 0 Å². The molecule has 1 N–H and O–H groups in total. The molecule has 0 aliphatic carbocycles. The molecule has 3 rings (SSSR count). The number of benzene rings is 1. The van der Waals surface area contributed by atoms with Crippen molar-refractivity contribution < 1.29 is 9.30 Å². The van der Waals surface area contributed by atoms with Crippen LogP contribution in [0.25, 0.3) is 21.8 Å². The van der Waals surface area contributed by atoms with Crippen LogP contribution in [0.5, 0.6) is 5.75 Å². The second-order valence-corrected chi connectivity index (χ2v) is 4.92. The van der Waals surface area contributed by atoms with E-state index in [0.717, 1.165) is 24.2 Å². The Labute approximate surface area is 136 Å². The van der Waals surface area contributed by atoms with E-state index in [9.17, 15) is 0 Å². The summed E-state index contributed by atoms with van der Waals surface area (Å²) in [5, 5.41) is 2.53. The van der Waals surface area contributed by atoms with Gasteiger partial charge in [0.1, 0.15) is 17.8 Å². The number of rotatable bonds is 3. The van der Waals surface area contributed by atoms with Gasteiger partial charge in [0.25, 0.3) is 0 Å². The quantitative estimate of drug-likeness (QED) is 0.539. The number of fused-ring (bicyclic) bond motifs is 3. The molecule has 4 heteroatoms. The molecule has 0 saturated heterocycles. The first kappa shape index (κ1) is 15.1. The number of hydrogen-bond acceptors (Lipinski definition) is 1. The lowest BCUT2D eigenvalue weighted by atomic mass is 10.1. The van der Waals surface area contributed by atoms with Crippen molar-refractivity contribution in [2.75, 3.05) is 7.11 Å². The lowest BCUT2D eigenvalue weighted by Crippen LogP contribution is -2.36. The van der Waals surface area contributed by atoms with Gasteiger partial charge in [-0.05, 0) is 12.1 Å². The van der Waals surface area contributed by atoms with Gasteiger partial charge in [-0.15, -0.1) is 24.0 Å². The molecule has 0 radical (unpaired) electrons. The average Bonchev–Trinajstić information content (AvgIpc) is 2.80. The van der Waals surface area contributed by atoms with Gasteiger partial charge in [0.05, 0.1) is 12.6 Å². The highest BCUT2D eigenvalue weighted by Gasteiger charge is 2.14. The van der Waals surface area contributed by atoms with Crippen molar-refractivity contribution in [3.63, 3.8) is 0 Å². The second kappa shape index (κ2) is 5.99. The largest absolute Gasteiger partial charge is 0.497 e. The Morgan fingerprint density at radius 1 is 1.20 bits per heavy atom. The Balaban J connectivity index is 0.00000147. The maximum atomic E-state index is 5.29. The number of pyridine rings is 1. The molecule has 0 spiro atoms. The van der Waals surface area contributed by atoms with Crippen molar-refractivity contribution in [1.29, 1.82) is 0 Å². The van der Waals surface area contributed by atoms with E-state index in [1.165, 1.54) is 22.0 Å². The van der Waals surface area contributed by atoms with E-state index in [0.29, 0.717) is 0 Å². The summed E-state index contributed by atoms with van der Waals surface area (Å²) in [6, 6.07) is 8.39. The molecule has 0 fully saturated rings. The molecule has 0 saturated carbocycles. The lowest BCUT2D eigenvalue weighted by molar-refractivity contribution is -0.701. The van der Waals surface area contributed by atoms with Crippen LogP contribution in [0, 0.1) is 6.92 Å². The van der Waals surface area contributed by atoms with Crippen LogP contribution < -0.4 is 9.30 Å². The van der Waals surface area contributed by atoms with E-state index in [4.69, 9.17) is 4.74 Å². The zero-order valence-electron chi connectivity index (χ0n) is 12.1. The Morgan fingerprint density at radius 2 is 2.00 bits per heavy atom. The van der Waals surface area contributed by atoms with Crippen LogP contribution in [-0.4, -0.2) is 12.1 Å². The van der Waals surface area contributed by atoms with E-state index in [2.05, 4.69) is 47.8 Å². The van der Waals surface area contributed by atoms with Crippen LogP contribution in [0.4, 0.5) is 0 Å². The van der Waals surface area contributed by atoms with Crippen LogP contribution in [-0.2, 0) is 6.54 Å². The van der Waals surface area contributed by atoms with Gasteiger partial charge >= 0.3 is 0 Å². The molecule has 2 aromatic heterocycles. The second-order valence-electron chi connectivity index (χ2n) is 4.92. The van der Waals surface area contributed by atoms with Crippen LogP contribution in [0.1, 0.15) is 19.0 Å². The summed E-state index contributed by atoms with van der Waals surface area (Å²) < 4.78 is 7.59. The summed E-state index contributed by atoms with van der Waals surface area (Å²) in [7, 11) is 1.70. The summed E-state index contributed by atoms with van der Waals surface area (Å²) in [6.45, 7) is 5.43. The average molecular weight is 383 g/mol. The third-order valence-corrected chi connectivity index (χ3v) is 3.72. The number of nitrogens with one attached hydrogen (secondary N) is 1. The first-order valence-electron chi connectivity index (χ1n) is 6.73. The smallest absolute Gasteiger partial charge is 0.202 e. The van der Waals surface area contributed by atoms with Gasteiger partial charge in [-0.3, -0.25) is 0 Å². The summed E-state index contributed by atoms with van der Waals surface area (Å²) in [4.78, 5) is 3.52. The number of aromatic amines is 1. The number of aromatic nitrogens is 2. The number of aryl methyl sites for hydroxylation is 2. The van der Waals surface area contributed by atoms with E-state index in [1.54, 1.807) is 7.11 Å². The molecule has 0 aliphatic heterocycles. The Bertz CT molecular complexity index is 749. The van der Waals surface area contributed by atoms with Gasteiger partial charge < -0.3 is 9.72 Å². The summed E-state index contributed by atoms with van der Waals surface area (Å²) in [5.74, 6) is 0.887. The van der Waals surface area contributed by atoms with Gasteiger partial charge in [0.15, 0.2) is 6.20 Å². The van der Waals surface area contributed by atoms with Crippen LogP contribution in [0.15, 0.2) is 30.5 Å². The third kappa shape index (κ3) is 2.37. The molecule has 0 unspecified atom stereocenters. The zero-order valence-corrected chi connectivity index (χ0v) is 14.4. The minimum atomic E-state index is 0. The van der Waals surface area contributed by atoms with E-state index in [1.807, 2.05) is 6.07 Å². The topological polar surface area (TPSA) is 28.9 Å². The molecule has 20 heavy (non-hydrogen) atoms. The molecule has 106 valence electrons. The number of H-pyrrole nitrogens is 1. The van der Waals surface area contributed by atoms with Gasteiger partial charge in [-0.1, -0.05) is 6.92 Å². The molecule has 0 bridgehead atoms. The van der Waals surface area contributed by atoms with Crippen LogP contribution in [0.2, 0.25) is 0 Å². The number of methoxy groups -OCH3 is 1. The SMILES string of the molecule is CCC[n+]1ccc2c([nH]c3cc(OC)ccc32)c1C.I. The number of halogens is 1. The maximum Gasteiger partial charge on any atom is 0.202 e. The van der Waals surface area contributed by atoms with Crippen molar-refractivity contribution >= 4 is 45.8 Å². The lowest BCUT2D eigenvalue weighted by Gasteiger charge is -1.99. The molecule has 2 heterocycles. The van der Waals surface area contributed by atoms with Crippen molar-refractivity contribution in [3.8, 4) is 5.75 Å². The molecular formula is C16H20IN2O+. The Kier molecular flexibility index (Phi) is 4.52. The van der Waals surface area contributed by atoms with Crippen LogP contribution in [0.3, 0.4) is 0 Å². The molecule has 0 amide bonds. The highest BCUT2D eigenvalue weighted by Crippen LogP contribution is 2.28. The summed E-state index contributed by atoms with van der Waals surface area (Å²) >= 11 is 0. The molecule has 3 aromatic rings. The van der Waals surface area contributed by atoms with E-state index < -0.39 is 0 Å². The molecular weight excluding hydrogens is 363 g/mol. The number of hydrogen-bond donors (Lipinski definition) is 1. The fourth-order valence-corrected chi connectivity index (χ4v) is 2.69. The Hall–Kier alpha value is -1.30.